The Balaban J connectivity index is 1.85. The lowest BCUT2D eigenvalue weighted by molar-refractivity contribution is 0.366. The van der Waals surface area contributed by atoms with Gasteiger partial charge in [-0.05, 0) is 36.3 Å². The van der Waals surface area contributed by atoms with Crippen LogP contribution < -0.4 is 5.32 Å². The largest absolute Gasteiger partial charge is 0.380 e. The van der Waals surface area contributed by atoms with Crippen molar-refractivity contribution >= 4 is 5.69 Å². The van der Waals surface area contributed by atoms with Crippen LogP contribution in [0.15, 0.2) is 36.9 Å². The van der Waals surface area contributed by atoms with Crippen LogP contribution in [0, 0.1) is 11.3 Å². The Labute approximate surface area is 120 Å². The first-order valence-corrected chi connectivity index (χ1v) is 7.26. The van der Waals surface area contributed by atoms with Gasteiger partial charge in [-0.3, -0.25) is 0 Å². The molecule has 0 amide bonds. The Hall–Kier alpha value is -1.84. The van der Waals surface area contributed by atoms with Gasteiger partial charge in [-0.1, -0.05) is 32.9 Å². The lowest BCUT2D eigenvalue weighted by Crippen LogP contribution is -2.23. The van der Waals surface area contributed by atoms with Crippen molar-refractivity contribution in [1.82, 2.24) is 14.8 Å². The number of benzene rings is 1. The first-order chi connectivity index (χ1) is 9.55. The highest BCUT2D eigenvalue weighted by Gasteiger charge is 2.36. The van der Waals surface area contributed by atoms with Gasteiger partial charge in [0.05, 0.1) is 11.4 Å². The minimum Gasteiger partial charge on any atom is -0.380 e. The first-order valence-electron chi connectivity index (χ1n) is 7.26. The number of nitrogens with one attached hydrogen (secondary N) is 1. The molecule has 0 spiro atoms. The van der Waals surface area contributed by atoms with E-state index in [9.17, 15) is 0 Å². The number of hydrogen-bond acceptors (Lipinski definition) is 3. The molecule has 0 saturated heterocycles. The van der Waals surface area contributed by atoms with Gasteiger partial charge >= 0.3 is 0 Å². The van der Waals surface area contributed by atoms with Gasteiger partial charge in [0.25, 0.3) is 0 Å². The molecule has 1 N–H and O–H groups in total. The molecular weight excluding hydrogens is 248 g/mol. The van der Waals surface area contributed by atoms with Gasteiger partial charge in [0.1, 0.15) is 12.7 Å². The summed E-state index contributed by atoms with van der Waals surface area (Å²) in [5.41, 5.74) is 2.62. The van der Waals surface area contributed by atoms with E-state index in [2.05, 4.69) is 54.4 Å². The summed E-state index contributed by atoms with van der Waals surface area (Å²) in [4.78, 5) is 4.03. The van der Waals surface area contributed by atoms with Crippen LogP contribution in [0.1, 0.15) is 33.6 Å². The van der Waals surface area contributed by atoms with Gasteiger partial charge in [-0.2, -0.15) is 5.10 Å². The molecular formula is C16H22N4. The highest BCUT2D eigenvalue weighted by atomic mass is 15.3. The standard InChI is InChI=1S/C16H22N4/c1-12-8-16(2,3)9-14(12)19-13-6-4-5-7-15(13)20-11-17-10-18-20/h4-7,10-12,14,19H,8-9H2,1-3H3. The van der Waals surface area contributed by atoms with Gasteiger partial charge < -0.3 is 5.32 Å². The second kappa shape index (κ2) is 4.93. The molecule has 1 aromatic heterocycles. The van der Waals surface area contributed by atoms with Crippen molar-refractivity contribution in [2.75, 3.05) is 5.32 Å². The molecule has 1 aromatic carbocycles. The summed E-state index contributed by atoms with van der Waals surface area (Å²) in [7, 11) is 0. The van der Waals surface area contributed by atoms with Crippen molar-refractivity contribution in [3.63, 3.8) is 0 Å². The maximum atomic E-state index is 4.23. The van der Waals surface area contributed by atoms with Crippen LogP contribution >= 0.6 is 0 Å². The third-order valence-electron chi connectivity index (χ3n) is 4.24. The molecule has 106 valence electrons. The van der Waals surface area contributed by atoms with E-state index in [-0.39, 0.29) is 0 Å². The average Bonchev–Trinajstić information content (AvgIpc) is 2.99. The zero-order valence-electron chi connectivity index (χ0n) is 12.4. The molecule has 1 fully saturated rings. The molecule has 1 aliphatic carbocycles. The maximum Gasteiger partial charge on any atom is 0.138 e. The number of nitrogens with zero attached hydrogens (tertiary/aromatic N) is 3. The molecule has 2 unspecified atom stereocenters. The predicted octanol–water partition coefficient (Wildman–Crippen LogP) is 3.50. The third-order valence-corrected chi connectivity index (χ3v) is 4.24. The van der Waals surface area contributed by atoms with E-state index in [0.717, 1.165) is 11.4 Å². The Morgan fingerprint density at radius 3 is 2.70 bits per heavy atom. The smallest absolute Gasteiger partial charge is 0.138 e. The van der Waals surface area contributed by atoms with Crippen LogP contribution in [-0.2, 0) is 0 Å². The molecule has 0 bridgehead atoms. The van der Waals surface area contributed by atoms with E-state index in [1.807, 2.05) is 10.7 Å². The number of aromatic nitrogens is 3. The van der Waals surface area contributed by atoms with Crippen LogP contribution in [0.3, 0.4) is 0 Å². The van der Waals surface area contributed by atoms with E-state index >= 15 is 0 Å². The number of anilines is 1. The summed E-state index contributed by atoms with van der Waals surface area (Å²) >= 11 is 0. The predicted molar refractivity (Wildman–Crippen MR) is 80.9 cm³/mol. The Morgan fingerprint density at radius 1 is 1.25 bits per heavy atom. The highest BCUT2D eigenvalue weighted by Crippen LogP contribution is 2.42. The van der Waals surface area contributed by atoms with Crippen LogP contribution in [0.25, 0.3) is 5.69 Å². The topological polar surface area (TPSA) is 42.7 Å². The van der Waals surface area contributed by atoms with Crippen molar-refractivity contribution in [1.29, 1.82) is 0 Å². The Morgan fingerprint density at radius 2 is 2.05 bits per heavy atom. The van der Waals surface area contributed by atoms with Crippen molar-refractivity contribution in [2.45, 2.75) is 39.7 Å². The maximum absolute atomic E-state index is 4.23. The second-order valence-corrected chi connectivity index (χ2v) is 6.66. The van der Waals surface area contributed by atoms with Crippen LogP contribution in [-0.4, -0.2) is 20.8 Å². The lowest BCUT2D eigenvalue weighted by atomic mass is 9.91. The van der Waals surface area contributed by atoms with Gasteiger partial charge in [0, 0.05) is 6.04 Å². The summed E-state index contributed by atoms with van der Waals surface area (Å²) in [6.07, 6.45) is 5.79. The third kappa shape index (κ3) is 2.55. The minimum atomic E-state index is 0.430. The number of hydrogen-bond donors (Lipinski definition) is 1. The molecule has 2 aromatic rings. The summed E-state index contributed by atoms with van der Waals surface area (Å²) < 4.78 is 1.81. The van der Waals surface area contributed by atoms with Gasteiger partial charge in [-0.15, -0.1) is 0 Å². The normalized spacial score (nSPS) is 24.8. The number of para-hydroxylation sites is 2. The second-order valence-electron chi connectivity index (χ2n) is 6.66. The molecule has 3 rings (SSSR count). The van der Waals surface area contributed by atoms with E-state index in [4.69, 9.17) is 0 Å². The van der Waals surface area contributed by atoms with Gasteiger partial charge in [-0.25, -0.2) is 9.67 Å². The monoisotopic (exact) mass is 270 g/mol. The van der Waals surface area contributed by atoms with E-state index < -0.39 is 0 Å². The van der Waals surface area contributed by atoms with E-state index in [1.54, 1.807) is 12.7 Å². The fourth-order valence-electron chi connectivity index (χ4n) is 3.41. The summed E-state index contributed by atoms with van der Waals surface area (Å²) in [5, 5.41) is 7.95. The summed E-state index contributed by atoms with van der Waals surface area (Å²) in [5.74, 6) is 0.689. The fourth-order valence-corrected chi connectivity index (χ4v) is 3.41. The molecule has 2 atom stereocenters. The van der Waals surface area contributed by atoms with Crippen molar-refractivity contribution in [3.8, 4) is 5.69 Å². The van der Waals surface area contributed by atoms with Crippen LogP contribution in [0.2, 0.25) is 0 Å². The molecule has 1 aliphatic rings. The first kappa shape index (κ1) is 13.2. The Bertz CT molecular complexity index is 574. The lowest BCUT2D eigenvalue weighted by Gasteiger charge is -2.21. The van der Waals surface area contributed by atoms with Crippen molar-refractivity contribution in [2.24, 2.45) is 11.3 Å². The molecule has 4 nitrogen and oxygen atoms in total. The minimum absolute atomic E-state index is 0.430. The Kier molecular flexibility index (Phi) is 3.24. The van der Waals surface area contributed by atoms with Gasteiger partial charge in [0.2, 0.25) is 0 Å². The SMILES string of the molecule is CC1CC(C)(C)CC1Nc1ccccc1-n1cncn1. The highest BCUT2D eigenvalue weighted by molar-refractivity contribution is 5.61. The van der Waals surface area contributed by atoms with E-state index in [0.29, 0.717) is 17.4 Å². The average molecular weight is 270 g/mol. The molecule has 20 heavy (non-hydrogen) atoms. The molecule has 0 aliphatic heterocycles. The summed E-state index contributed by atoms with van der Waals surface area (Å²) in [6.45, 7) is 7.05. The number of rotatable bonds is 3. The van der Waals surface area contributed by atoms with Crippen LogP contribution in [0.5, 0.6) is 0 Å². The zero-order valence-corrected chi connectivity index (χ0v) is 12.4. The van der Waals surface area contributed by atoms with Crippen molar-refractivity contribution in [3.05, 3.63) is 36.9 Å². The van der Waals surface area contributed by atoms with Gasteiger partial charge in [0.15, 0.2) is 0 Å². The molecule has 1 heterocycles. The fraction of sp³-hybridized carbons (Fsp3) is 0.500. The van der Waals surface area contributed by atoms with Crippen molar-refractivity contribution < 1.29 is 0 Å². The summed E-state index contributed by atoms with van der Waals surface area (Å²) in [6, 6.07) is 8.81. The quantitative estimate of drug-likeness (QED) is 0.928. The molecule has 4 heteroatoms. The zero-order chi connectivity index (χ0) is 14.2. The van der Waals surface area contributed by atoms with Crippen LogP contribution in [0.4, 0.5) is 5.69 Å². The molecule has 0 radical (unpaired) electrons. The molecule has 1 saturated carbocycles. The van der Waals surface area contributed by atoms with E-state index in [1.165, 1.54) is 12.8 Å².